The van der Waals surface area contributed by atoms with Gasteiger partial charge in [-0.05, 0) is 18.1 Å². The first-order chi connectivity index (χ1) is 10.2. The summed E-state index contributed by atoms with van der Waals surface area (Å²) in [7, 11) is 0. The molecule has 3 nitrogen and oxygen atoms in total. The molecule has 2 aromatic carbocycles. The summed E-state index contributed by atoms with van der Waals surface area (Å²) in [6.45, 7) is 1.86. The normalized spacial score (nSPS) is 11.0. The van der Waals surface area contributed by atoms with Gasteiger partial charge in [0.25, 0.3) is 0 Å². The molecule has 0 aliphatic rings. The van der Waals surface area contributed by atoms with Gasteiger partial charge in [-0.15, -0.1) is 0 Å². The molecular formula is C17H16ClN3. The van der Waals surface area contributed by atoms with Crippen LogP contribution in [0.3, 0.4) is 0 Å². The number of nitrogens with two attached hydrogens (primary N) is 1. The standard InChI is InChI=1S/C17H16ClN3/c1-12-15(18)17(19)21(20-12)16(13-8-4-2-5-9-13)14-10-6-3-7-11-14/h2-11,16H,19H2,1H3. The first-order valence-electron chi connectivity index (χ1n) is 6.78. The maximum atomic E-state index is 6.21. The number of halogens is 1. The van der Waals surface area contributed by atoms with Crippen LogP contribution in [0.4, 0.5) is 5.82 Å². The summed E-state index contributed by atoms with van der Waals surface area (Å²) in [5.41, 5.74) is 9.13. The van der Waals surface area contributed by atoms with E-state index in [-0.39, 0.29) is 6.04 Å². The maximum Gasteiger partial charge on any atom is 0.141 e. The Labute approximate surface area is 129 Å². The smallest absolute Gasteiger partial charge is 0.141 e. The van der Waals surface area contributed by atoms with Gasteiger partial charge in [-0.2, -0.15) is 5.10 Å². The van der Waals surface area contributed by atoms with Crippen molar-refractivity contribution in [2.75, 3.05) is 5.73 Å². The lowest BCUT2D eigenvalue weighted by Crippen LogP contribution is -2.16. The van der Waals surface area contributed by atoms with Gasteiger partial charge in [-0.25, -0.2) is 4.68 Å². The van der Waals surface area contributed by atoms with Crippen LogP contribution in [-0.4, -0.2) is 9.78 Å². The van der Waals surface area contributed by atoms with Gasteiger partial charge in [0.1, 0.15) is 16.9 Å². The fraction of sp³-hybridized carbons (Fsp3) is 0.118. The van der Waals surface area contributed by atoms with Crippen molar-refractivity contribution in [1.29, 1.82) is 0 Å². The van der Waals surface area contributed by atoms with Crippen LogP contribution in [-0.2, 0) is 0 Å². The average molecular weight is 298 g/mol. The van der Waals surface area contributed by atoms with Crippen molar-refractivity contribution < 1.29 is 0 Å². The van der Waals surface area contributed by atoms with E-state index >= 15 is 0 Å². The summed E-state index contributed by atoms with van der Waals surface area (Å²) in [5, 5.41) is 5.04. The minimum absolute atomic E-state index is 0.0846. The average Bonchev–Trinajstić information content (AvgIpc) is 2.78. The number of hydrogen-bond donors (Lipinski definition) is 1. The van der Waals surface area contributed by atoms with Crippen LogP contribution in [0.15, 0.2) is 60.7 Å². The van der Waals surface area contributed by atoms with E-state index in [1.165, 1.54) is 0 Å². The molecule has 1 heterocycles. The first kappa shape index (κ1) is 13.7. The first-order valence-corrected chi connectivity index (χ1v) is 7.16. The van der Waals surface area contributed by atoms with Crippen LogP contribution >= 0.6 is 11.6 Å². The third-order valence-corrected chi connectivity index (χ3v) is 3.99. The van der Waals surface area contributed by atoms with E-state index in [2.05, 4.69) is 29.4 Å². The summed E-state index contributed by atoms with van der Waals surface area (Å²) < 4.78 is 1.79. The molecule has 0 atom stereocenters. The Morgan fingerprint density at radius 2 is 1.43 bits per heavy atom. The predicted octanol–water partition coefficient (Wildman–Crippen LogP) is 4.06. The predicted molar refractivity (Wildman–Crippen MR) is 86.5 cm³/mol. The van der Waals surface area contributed by atoms with Crippen molar-refractivity contribution in [2.45, 2.75) is 13.0 Å². The molecule has 0 unspecified atom stereocenters. The molecule has 3 rings (SSSR count). The number of benzene rings is 2. The Morgan fingerprint density at radius 1 is 0.952 bits per heavy atom. The van der Waals surface area contributed by atoms with Crippen molar-refractivity contribution in [2.24, 2.45) is 0 Å². The summed E-state index contributed by atoms with van der Waals surface area (Å²) in [6, 6.07) is 20.2. The zero-order valence-corrected chi connectivity index (χ0v) is 12.5. The van der Waals surface area contributed by atoms with Crippen molar-refractivity contribution in [1.82, 2.24) is 9.78 Å². The number of aryl methyl sites for hydroxylation is 1. The van der Waals surface area contributed by atoms with Crippen LogP contribution in [0.1, 0.15) is 22.9 Å². The second kappa shape index (κ2) is 5.62. The van der Waals surface area contributed by atoms with E-state index in [0.29, 0.717) is 10.8 Å². The lowest BCUT2D eigenvalue weighted by atomic mass is 9.99. The van der Waals surface area contributed by atoms with E-state index in [4.69, 9.17) is 17.3 Å². The highest BCUT2D eigenvalue weighted by Crippen LogP contribution is 2.32. The van der Waals surface area contributed by atoms with E-state index in [1.54, 1.807) is 4.68 Å². The second-order valence-corrected chi connectivity index (χ2v) is 5.33. The van der Waals surface area contributed by atoms with Crippen LogP contribution < -0.4 is 5.73 Å². The molecule has 0 radical (unpaired) electrons. The van der Waals surface area contributed by atoms with Crippen LogP contribution in [0.2, 0.25) is 5.02 Å². The van der Waals surface area contributed by atoms with Gasteiger partial charge in [0.2, 0.25) is 0 Å². The van der Waals surface area contributed by atoms with Gasteiger partial charge < -0.3 is 5.73 Å². The van der Waals surface area contributed by atoms with Crippen LogP contribution in [0, 0.1) is 6.92 Å². The van der Waals surface area contributed by atoms with Crippen molar-refractivity contribution >= 4 is 17.4 Å². The molecule has 106 valence electrons. The molecule has 0 aliphatic carbocycles. The fourth-order valence-corrected chi connectivity index (χ4v) is 2.61. The summed E-state index contributed by atoms with van der Waals surface area (Å²) >= 11 is 6.21. The van der Waals surface area contributed by atoms with Crippen molar-refractivity contribution in [3.63, 3.8) is 0 Å². The second-order valence-electron chi connectivity index (χ2n) is 4.95. The SMILES string of the molecule is Cc1nn(C(c2ccccc2)c2ccccc2)c(N)c1Cl. The van der Waals surface area contributed by atoms with Gasteiger partial charge >= 0.3 is 0 Å². The third kappa shape index (κ3) is 2.52. The number of nitrogen functional groups attached to an aromatic ring is 1. The molecule has 0 aliphatic heterocycles. The largest absolute Gasteiger partial charge is 0.383 e. The monoisotopic (exact) mass is 297 g/mol. The zero-order chi connectivity index (χ0) is 14.8. The lowest BCUT2D eigenvalue weighted by Gasteiger charge is -2.20. The molecule has 0 fully saturated rings. The topological polar surface area (TPSA) is 43.8 Å². The van der Waals surface area contributed by atoms with Gasteiger partial charge in [-0.3, -0.25) is 0 Å². The van der Waals surface area contributed by atoms with E-state index in [1.807, 2.05) is 43.3 Å². The maximum absolute atomic E-state index is 6.21. The molecule has 21 heavy (non-hydrogen) atoms. The highest BCUT2D eigenvalue weighted by Gasteiger charge is 2.21. The molecule has 0 amide bonds. The fourth-order valence-electron chi connectivity index (χ4n) is 2.49. The quantitative estimate of drug-likeness (QED) is 0.792. The van der Waals surface area contributed by atoms with E-state index in [9.17, 15) is 0 Å². The number of aromatic nitrogens is 2. The number of anilines is 1. The number of hydrogen-bond acceptors (Lipinski definition) is 2. The van der Waals surface area contributed by atoms with E-state index < -0.39 is 0 Å². The lowest BCUT2D eigenvalue weighted by molar-refractivity contribution is 0.600. The molecule has 0 saturated heterocycles. The van der Waals surface area contributed by atoms with E-state index in [0.717, 1.165) is 16.8 Å². The van der Waals surface area contributed by atoms with Gasteiger partial charge in [-0.1, -0.05) is 72.3 Å². The molecule has 0 spiro atoms. The zero-order valence-electron chi connectivity index (χ0n) is 11.7. The highest BCUT2D eigenvalue weighted by molar-refractivity contribution is 6.33. The molecule has 1 aromatic heterocycles. The Kier molecular flexibility index (Phi) is 3.67. The Morgan fingerprint density at radius 3 is 1.81 bits per heavy atom. The number of nitrogens with zero attached hydrogens (tertiary/aromatic N) is 2. The molecule has 2 N–H and O–H groups in total. The third-order valence-electron chi connectivity index (χ3n) is 3.52. The van der Waals surface area contributed by atoms with Crippen molar-refractivity contribution in [3.8, 4) is 0 Å². The molecular weight excluding hydrogens is 282 g/mol. The molecule has 0 saturated carbocycles. The minimum atomic E-state index is -0.0846. The van der Waals surface area contributed by atoms with Gasteiger partial charge in [0, 0.05) is 0 Å². The molecule has 0 bridgehead atoms. The Balaban J connectivity index is 2.20. The Hall–Kier alpha value is -2.26. The highest BCUT2D eigenvalue weighted by atomic mass is 35.5. The summed E-state index contributed by atoms with van der Waals surface area (Å²) in [4.78, 5) is 0. The van der Waals surface area contributed by atoms with Gasteiger partial charge in [0.15, 0.2) is 0 Å². The van der Waals surface area contributed by atoms with Gasteiger partial charge in [0.05, 0.1) is 5.69 Å². The Bertz CT molecular complexity index is 696. The summed E-state index contributed by atoms with van der Waals surface area (Å²) in [6.07, 6.45) is 0. The van der Waals surface area contributed by atoms with Crippen LogP contribution in [0.25, 0.3) is 0 Å². The van der Waals surface area contributed by atoms with Crippen LogP contribution in [0.5, 0.6) is 0 Å². The minimum Gasteiger partial charge on any atom is -0.383 e. The van der Waals surface area contributed by atoms with Crippen molar-refractivity contribution in [3.05, 3.63) is 82.5 Å². The summed E-state index contributed by atoms with van der Waals surface area (Å²) in [5.74, 6) is 0.492. The molecule has 4 heteroatoms. The number of rotatable bonds is 3. The molecule has 3 aromatic rings.